The average molecular weight is 511 g/mol. The van der Waals surface area contributed by atoms with Crippen LogP contribution in [0.3, 0.4) is 0 Å². The van der Waals surface area contributed by atoms with Crippen LogP contribution in [0.1, 0.15) is 40.8 Å². The van der Waals surface area contributed by atoms with Crippen molar-refractivity contribution < 1.29 is 18.7 Å². The van der Waals surface area contributed by atoms with Crippen molar-refractivity contribution >= 4 is 18.3 Å². The quantitative estimate of drug-likeness (QED) is 0.465. The van der Waals surface area contributed by atoms with Crippen molar-refractivity contribution in [3.63, 3.8) is 0 Å². The van der Waals surface area contributed by atoms with E-state index in [9.17, 15) is 9.18 Å². The highest BCUT2D eigenvalue weighted by Crippen LogP contribution is 2.39. The van der Waals surface area contributed by atoms with E-state index < -0.39 is 0 Å². The lowest BCUT2D eigenvalue weighted by Crippen LogP contribution is -2.53. The summed E-state index contributed by atoms with van der Waals surface area (Å²) in [7, 11) is 3.26. The topological polar surface area (TPSA) is 42.0 Å². The molecule has 0 saturated heterocycles. The van der Waals surface area contributed by atoms with Crippen molar-refractivity contribution in [2.24, 2.45) is 0 Å². The van der Waals surface area contributed by atoms with Gasteiger partial charge in [-0.25, -0.2) is 4.39 Å². The zero-order chi connectivity index (χ0) is 24.5. The Kier molecular flexibility index (Phi) is 7.86. The lowest BCUT2D eigenvalue weighted by atomic mass is 9.89. The SMILES string of the molecule is COc1cc2c(cc1OC)[C@H](C)N(C(=O)[C@@H]1Cc3ccccc3CN1Cc1ccccc1F)CC2.Cl. The fraction of sp³-hybridized carbons (Fsp3) is 0.345. The van der Waals surface area contributed by atoms with Gasteiger partial charge in [0.25, 0.3) is 0 Å². The van der Waals surface area contributed by atoms with Crippen LogP contribution < -0.4 is 9.47 Å². The molecular weight excluding hydrogens is 479 g/mol. The van der Waals surface area contributed by atoms with Crippen molar-refractivity contribution in [1.82, 2.24) is 9.80 Å². The number of hydrogen-bond acceptors (Lipinski definition) is 4. The van der Waals surface area contributed by atoms with Gasteiger partial charge in [0.15, 0.2) is 11.5 Å². The van der Waals surface area contributed by atoms with Crippen molar-refractivity contribution in [3.05, 3.63) is 94.3 Å². The lowest BCUT2D eigenvalue weighted by Gasteiger charge is -2.42. The van der Waals surface area contributed by atoms with Gasteiger partial charge in [-0.2, -0.15) is 0 Å². The molecule has 7 heteroatoms. The Labute approximate surface area is 218 Å². The molecule has 2 heterocycles. The summed E-state index contributed by atoms with van der Waals surface area (Å²) >= 11 is 0. The molecular formula is C29H32ClFN2O3. The van der Waals surface area contributed by atoms with Crippen LogP contribution in [0.2, 0.25) is 0 Å². The fourth-order valence-electron chi connectivity index (χ4n) is 5.47. The normalized spacial score (nSPS) is 19.1. The van der Waals surface area contributed by atoms with Crippen molar-refractivity contribution in [2.75, 3.05) is 20.8 Å². The van der Waals surface area contributed by atoms with Gasteiger partial charge in [0.1, 0.15) is 5.82 Å². The highest BCUT2D eigenvalue weighted by Gasteiger charge is 2.38. The summed E-state index contributed by atoms with van der Waals surface area (Å²) < 4.78 is 25.5. The summed E-state index contributed by atoms with van der Waals surface area (Å²) in [6, 6.07) is 18.6. The van der Waals surface area contributed by atoms with Crippen molar-refractivity contribution in [3.8, 4) is 11.5 Å². The first kappa shape index (κ1) is 26.0. The first-order chi connectivity index (χ1) is 17.0. The first-order valence-electron chi connectivity index (χ1n) is 12.1. The molecule has 0 bridgehead atoms. The number of amides is 1. The monoisotopic (exact) mass is 510 g/mol. The Hall–Kier alpha value is -3.09. The van der Waals surface area contributed by atoms with E-state index in [1.165, 1.54) is 22.8 Å². The van der Waals surface area contributed by atoms with Crippen LogP contribution in [0.5, 0.6) is 11.5 Å². The highest BCUT2D eigenvalue weighted by molar-refractivity contribution is 5.85. The Bertz CT molecular complexity index is 1250. The third-order valence-corrected chi connectivity index (χ3v) is 7.43. The van der Waals surface area contributed by atoms with Crippen LogP contribution >= 0.6 is 12.4 Å². The minimum absolute atomic E-state index is 0. The number of carbonyl (C=O) groups excluding carboxylic acids is 1. The van der Waals surface area contributed by atoms with E-state index in [0.29, 0.717) is 43.1 Å². The number of fused-ring (bicyclic) bond motifs is 2. The zero-order valence-corrected chi connectivity index (χ0v) is 21.7. The molecule has 0 saturated carbocycles. The van der Waals surface area contributed by atoms with Crippen LogP contribution in [-0.2, 0) is 30.7 Å². The number of ether oxygens (including phenoxy) is 2. The molecule has 0 N–H and O–H groups in total. The van der Waals surface area contributed by atoms with Crippen LogP contribution in [0.4, 0.5) is 4.39 Å². The van der Waals surface area contributed by atoms with E-state index in [0.717, 1.165) is 12.0 Å². The molecule has 2 aliphatic heterocycles. The fourth-order valence-corrected chi connectivity index (χ4v) is 5.47. The third kappa shape index (κ3) is 4.80. The van der Waals surface area contributed by atoms with E-state index in [4.69, 9.17) is 9.47 Å². The number of methoxy groups -OCH3 is 2. The maximum Gasteiger partial charge on any atom is 0.240 e. The summed E-state index contributed by atoms with van der Waals surface area (Å²) in [4.78, 5) is 18.2. The molecule has 3 aromatic rings. The summed E-state index contributed by atoms with van der Waals surface area (Å²) in [6.45, 7) is 3.71. The minimum Gasteiger partial charge on any atom is -0.493 e. The average Bonchev–Trinajstić information content (AvgIpc) is 2.88. The van der Waals surface area contributed by atoms with Gasteiger partial charge in [-0.3, -0.25) is 9.69 Å². The number of benzene rings is 3. The van der Waals surface area contributed by atoms with Crippen molar-refractivity contribution in [2.45, 2.75) is 44.9 Å². The van der Waals surface area contributed by atoms with E-state index in [-0.39, 0.29) is 36.2 Å². The summed E-state index contributed by atoms with van der Waals surface area (Å²) in [5.41, 5.74) is 5.25. The van der Waals surface area contributed by atoms with Gasteiger partial charge >= 0.3 is 0 Å². The van der Waals surface area contributed by atoms with Gasteiger partial charge in [0.2, 0.25) is 5.91 Å². The largest absolute Gasteiger partial charge is 0.493 e. The van der Waals surface area contributed by atoms with E-state index in [2.05, 4.69) is 24.0 Å². The zero-order valence-electron chi connectivity index (χ0n) is 20.9. The molecule has 2 atom stereocenters. The van der Waals surface area contributed by atoms with Crippen LogP contribution in [0.15, 0.2) is 60.7 Å². The molecule has 0 fully saturated rings. The van der Waals surface area contributed by atoms with Gasteiger partial charge < -0.3 is 14.4 Å². The van der Waals surface area contributed by atoms with Gasteiger partial charge in [-0.05, 0) is 60.2 Å². The van der Waals surface area contributed by atoms with Gasteiger partial charge in [-0.15, -0.1) is 12.4 Å². The van der Waals surface area contributed by atoms with Crippen LogP contribution in [-0.4, -0.2) is 42.5 Å². The first-order valence-corrected chi connectivity index (χ1v) is 12.1. The molecule has 36 heavy (non-hydrogen) atoms. The van der Waals surface area contributed by atoms with E-state index in [1.54, 1.807) is 26.4 Å². The summed E-state index contributed by atoms with van der Waals surface area (Å²) in [5, 5.41) is 0. The number of halogens is 2. The second-order valence-corrected chi connectivity index (χ2v) is 9.35. The van der Waals surface area contributed by atoms with Crippen LogP contribution in [0, 0.1) is 5.82 Å². The molecule has 0 radical (unpaired) electrons. The van der Waals surface area contributed by atoms with Gasteiger partial charge in [0, 0.05) is 25.2 Å². The Morgan fingerprint density at radius 1 is 0.972 bits per heavy atom. The Balaban J connectivity index is 0.00000304. The number of rotatable bonds is 5. The van der Waals surface area contributed by atoms with Crippen molar-refractivity contribution in [1.29, 1.82) is 0 Å². The number of hydrogen-bond donors (Lipinski definition) is 0. The smallest absolute Gasteiger partial charge is 0.240 e. The maximum atomic E-state index is 14.5. The summed E-state index contributed by atoms with van der Waals surface area (Å²) in [5.74, 6) is 1.22. The second-order valence-electron chi connectivity index (χ2n) is 9.35. The predicted molar refractivity (Wildman–Crippen MR) is 140 cm³/mol. The molecule has 190 valence electrons. The highest BCUT2D eigenvalue weighted by atomic mass is 35.5. The van der Waals surface area contributed by atoms with Crippen LogP contribution in [0.25, 0.3) is 0 Å². The van der Waals surface area contributed by atoms with Gasteiger partial charge in [-0.1, -0.05) is 42.5 Å². The third-order valence-electron chi connectivity index (χ3n) is 7.43. The number of carbonyl (C=O) groups is 1. The number of nitrogens with zero attached hydrogens (tertiary/aromatic N) is 2. The molecule has 0 aliphatic carbocycles. The molecule has 5 nitrogen and oxygen atoms in total. The molecule has 3 aromatic carbocycles. The second kappa shape index (κ2) is 10.9. The molecule has 1 amide bonds. The Morgan fingerprint density at radius 2 is 1.64 bits per heavy atom. The van der Waals surface area contributed by atoms with Gasteiger partial charge in [0.05, 0.1) is 26.3 Å². The predicted octanol–water partition coefficient (Wildman–Crippen LogP) is 5.34. The van der Waals surface area contributed by atoms with E-state index in [1.807, 2.05) is 35.2 Å². The Morgan fingerprint density at radius 3 is 2.36 bits per heavy atom. The summed E-state index contributed by atoms with van der Waals surface area (Å²) in [6.07, 6.45) is 1.37. The molecule has 0 aromatic heterocycles. The molecule has 0 unspecified atom stereocenters. The molecule has 5 rings (SSSR count). The molecule has 2 aliphatic rings. The van der Waals surface area contributed by atoms with E-state index >= 15 is 0 Å². The lowest BCUT2D eigenvalue weighted by molar-refractivity contribution is -0.140. The standard InChI is InChI=1S/C29H31FN2O3.ClH/c1-19-24-16-28(35-3)27(34-2)15-21(24)12-13-32(19)29(33)26-14-20-8-4-5-9-22(20)17-31(26)18-23-10-6-7-11-25(23)30;/h4-11,15-16,19,26H,12-14,17-18H2,1-3H3;1H/t19-,26-;/m0./s1. The minimum atomic E-state index is -0.353. The maximum absolute atomic E-state index is 14.5. The molecule has 0 spiro atoms.